The number of benzene rings is 1. The van der Waals surface area contributed by atoms with Gasteiger partial charge in [0, 0.05) is 29.2 Å². The van der Waals surface area contributed by atoms with Crippen molar-refractivity contribution in [1.29, 1.82) is 10.5 Å². The summed E-state index contributed by atoms with van der Waals surface area (Å²) in [5.74, 6) is -1.56. The Hall–Kier alpha value is -2.13. The van der Waals surface area contributed by atoms with Gasteiger partial charge in [-0.05, 0) is 39.0 Å². The number of amidine groups is 1. The summed E-state index contributed by atoms with van der Waals surface area (Å²) in [7, 11) is 0. The van der Waals surface area contributed by atoms with Gasteiger partial charge in [0.1, 0.15) is 17.0 Å². The largest absolute Gasteiger partial charge is 0.494 e. The van der Waals surface area contributed by atoms with Crippen LogP contribution in [0.3, 0.4) is 0 Å². The van der Waals surface area contributed by atoms with Crippen LogP contribution in [0.5, 0.6) is 5.75 Å². The van der Waals surface area contributed by atoms with Gasteiger partial charge in [-0.2, -0.15) is 10.5 Å². The van der Waals surface area contributed by atoms with Gasteiger partial charge in [-0.25, -0.2) is 4.99 Å². The van der Waals surface area contributed by atoms with Crippen LogP contribution < -0.4 is 10.5 Å². The van der Waals surface area contributed by atoms with Crippen molar-refractivity contribution in [2.45, 2.75) is 32.6 Å². The Morgan fingerprint density at radius 3 is 2.33 bits per heavy atom. The summed E-state index contributed by atoms with van der Waals surface area (Å²) in [5, 5.41) is 20.3. The fourth-order valence-electron chi connectivity index (χ4n) is 4.25. The minimum atomic E-state index is -1.62. The van der Waals surface area contributed by atoms with Crippen LogP contribution in [-0.2, 0) is 9.47 Å². The van der Waals surface area contributed by atoms with Crippen molar-refractivity contribution in [1.82, 2.24) is 0 Å². The maximum Gasteiger partial charge on any atom is 0.293 e. The highest BCUT2D eigenvalue weighted by Crippen LogP contribution is 2.82. The zero-order valence-corrected chi connectivity index (χ0v) is 17.0. The van der Waals surface area contributed by atoms with E-state index in [4.69, 9.17) is 19.9 Å². The number of nitrogens with two attached hydrogens (primary N) is 1. The van der Waals surface area contributed by atoms with Crippen LogP contribution in [-0.4, -0.2) is 31.6 Å². The topological polar surface area (TPSA) is 114 Å². The van der Waals surface area contributed by atoms with Gasteiger partial charge in [0.05, 0.1) is 18.7 Å². The quantitative estimate of drug-likeness (QED) is 0.662. The standard InChI is InChI=1S/C19H21BrN4O3/c1-4-25-14-8-7-12(20)9-13(14)15-17(10-21)16(23)24-19(26-5-2,27-6-3)18(15,17)11-22/h7-9,15H,4-6H2,1-3H3,(H2,23,24). The van der Waals surface area contributed by atoms with E-state index in [1.165, 1.54) is 0 Å². The fourth-order valence-corrected chi connectivity index (χ4v) is 4.63. The molecule has 7 nitrogen and oxygen atoms in total. The smallest absolute Gasteiger partial charge is 0.293 e. The molecule has 1 saturated carbocycles. The summed E-state index contributed by atoms with van der Waals surface area (Å²) in [6.07, 6.45) is 0. The minimum Gasteiger partial charge on any atom is -0.494 e. The molecule has 1 aliphatic carbocycles. The summed E-state index contributed by atoms with van der Waals surface area (Å²) in [4.78, 5) is 4.34. The Balaban J connectivity index is 2.26. The molecule has 1 aromatic rings. The molecular formula is C19H21BrN4O3. The van der Waals surface area contributed by atoms with Crippen LogP contribution in [0.2, 0.25) is 0 Å². The van der Waals surface area contributed by atoms with Crippen molar-refractivity contribution in [3.05, 3.63) is 28.2 Å². The van der Waals surface area contributed by atoms with E-state index >= 15 is 0 Å². The molecule has 142 valence electrons. The summed E-state index contributed by atoms with van der Waals surface area (Å²) < 4.78 is 18.3. The Kier molecular flexibility index (Phi) is 4.94. The number of hydrogen-bond acceptors (Lipinski definition) is 7. The summed E-state index contributed by atoms with van der Waals surface area (Å²) in [6, 6.07) is 10.1. The van der Waals surface area contributed by atoms with Gasteiger partial charge in [-0.3, -0.25) is 0 Å². The molecule has 1 aromatic carbocycles. The molecule has 0 aromatic heterocycles. The first-order valence-corrected chi connectivity index (χ1v) is 9.62. The number of ether oxygens (including phenoxy) is 3. The molecule has 1 fully saturated rings. The van der Waals surface area contributed by atoms with Crippen molar-refractivity contribution < 1.29 is 14.2 Å². The molecule has 3 rings (SSSR count). The van der Waals surface area contributed by atoms with Crippen molar-refractivity contribution in [3.63, 3.8) is 0 Å². The third-order valence-electron chi connectivity index (χ3n) is 5.19. The lowest BCUT2D eigenvalue weighted by Gasteiger charge is -2.32. The molecule has 27 heavy (non-hydrogen) atoms. The van der Waals surface area contributed by atoms with E-state index in [1.807, 2.05) is 25.1 Å². The number of rotatable bonds is 7. The van der Waals surface area contributed by atoms with Crippen molar-refractivity contribution >= 4 is 21.8 Å². The number of fused-ring (bicyclic) bond motifs is 1. The lowest BCUT2D eigenvalue weighted by atomic mass is 9.93. The third kappa shape index (κ3) is 2.27. The highest BCUT2D eigenvalue weighted by atomic mass is 79.9. The minimum absolute atomic E-state index is 0.0564. The zero-order valence-electron chi connectivity index (χ0n) is 15.5. The second-order valence-corrected chi connectivity index (χ2v) is 7.25. The van der Waals surface area contributed by atoms with Crippen LogP contribution in [0.1, 0.15) is 32.3 Å². The molecule has 3 atom stereocenters. The van der Waals surface area contributed by atoms with Gasteiger partial charge >= 0.3 is 0 Å². The van der Waals surface area contributed by atoms with Crippen LogP contribution in [0.15, 0.2) is 27.7 Å². The van der Waals surface area contributed by atoms with Gasteiger partial charge in [0.15, 0.2) is 5.41 Å². The molecule has 0 bridgehead atoms. The SMILES string of the molecule is CCOc1ccc(Br)cc1C1C2(C#N)C(N)=NC(OCC)(OCC)C12C#N. The van der Waals surface area contributed by atoms with E-state index in [0.717, 1.165) is 4.47 Å². The van der Waals surface area contributed by atoms with E-state index in [9.17, 15) is 10.5 Å². The lowest BCUT2D eigenvalue weighted by Crippen LogP contribution is -2.43. The second-order valence-electron chi connectivity index (χ2n) is 6.33. The lowest BCUT2D eigenvalue weighted by molar-refractivity contribution is -0.255. The number of halogens is 1. The molecule has 2 N–H and O–H groups in total. The Labute approximate surface area is 166 Å². The van der Waals surface area contributed by atoms with Crippen molar-refractivity contribution in [2.75, 3.05) is 19.8 Å². The van der Waals surface area contributed by atoms with E-state index in [0.29, 0.717) is 17.9 Å². The molecule has 1 heterocycles. The molecule has 1 aliphatic heterocycles. The number of hydrogen-bond donors (Lipinski definition) is 1. The zero-order chi connectivity index (χ0) is 19.9. The van der Waals surface area contributed by atoms with Crippen molar-refractivity contribution in [3.8, 4) is 17.9 Å². The van der Waals surface area contributed by atoms with Crippen LogP contribution >= 0.6 is 15.9 Å². The molecule has 0 saturated heterocycles. The average Bonchev–Trinajstić information content (AvgIpc) is 3.22. The van der Waals surface area contributed by atoms with Crippen LogP contribution in [0.4, 0.5) is 0 Å². The maximum absolute atomic E-state index is 10.2. The van der Waals surface area contributed by atoms with Gasteiger partial charge < -0.3 is 19.9 Å². The Morgan fingerprint density at radius 1 is 1.15 bits per heavy atom. The first-order chi connectivity index (χ1) is 12.9. The number of nitrogens with zero attached hydrogens (tertiary/aromatic N) is 3. The average molecular weight is 433 g/mol. The monoisotopic (exact) mass is 432 g/mol. The van der Waals surface area contributed by atoms with E-state index in [1.54, 1.807) is 13.8 Å². The Bertz CT molecular complexity index is 869. The molecule has 0 radical (unpaired) electrons. The normalized spacial score (nSPS) is 30.0. The molecule has 3 unspecified atom stereocenters. The number of aliphatic imine (C=N–C) groups is 1. The predicted octanol–water partition coefficient (Wildman–Crippen LogP) is 3.06. The van der Waals surface area contributed by atoms with Crippen molar-refractivity contribution in [2.24, 2.45) is 21.6 Å². The van der Waals surface area contributed by atoms with E-state index in [2.05, 4.69) is 33.1 Å². The molecule has 0 spiro atoms. The highest BCUT2D eigenvalue weighted by Gasteiger charge is 2.94. The molecule has 2 aliphatic rings. The summed E-state index contributed by atoms with van der Waals surface area (Å²) in [5.41, 5.74) is 4.19. The highest BCUT2D eigenvalue weighted by molar-refractivity contribution is 9.10. The predicted molar refractivity (Wildman–Crippen MR) is 102 cm³/mol. The molecule has 8 heteroatoms. The summed E-state index contributed by atoms with van der Waals surface area (Å²) in [6.45, 7) is 6.40. The third-order valence-corrected chi connectivity index (χ3v) is 5.68. The molecule has 0 amide bonds. The first kappa shape index (κ1) is 19.6. The fraction of sp³-hybridized carbons (Fsp3) is 0.526. The van der Waals surface area contributed by atoms with Crippen LogP contribution in [0.25, 0.3) is 0 Å². The van der Waals surface area contributed by atoms with Gasteiger partial charge in [0.2, 0.25) is 0 Å². The summed E-state index contributed by atoms with van der Waals surface area (Å²) >= 11 is 3.46. The number of nitriles is 2. The van der Waals surface area contributed by atoms with E-state index < -0.39 is 22.7 Å². The Morgan fingerprint density at radius 2 is 1.81 bits per heavy atom. The van der Waals surface area contributed by atoms with Gasteiger partial charge in [-0.15, -0.1) is 0 Å². The van der Waals surface area contributed by atoms with Crippen LogP contribution in [0, 0.1) is 33.5 Å². The second kappa shape index (κ2) is 6.79. The van der Waals surface area contributed by atoms with Gasteiger partial charge in [-0.1, -0.05) is 15.9 Å². The molecular weight excluding hydrogens is 412 g/mol. The first-order valence-electron chi connectivity index (χ1n) is 8.83. The van der Waals surface area contributed by atoms with Gasteiger partial charge in [0.25, 0.3) is 5.91 Å². The maximum atomic E-state index is 10.2. The van der Waals surface area contributed by atoms with E-state index in [-0.39, 0.29) is 19.0 Å².